The van der Waals surface area contributed by atoms with Gasteiger partial charge in [0.1, 0.15) is 23.8 Å². The average molecular weight is 414 g/mol. The van der Waals surface area contributed by atoms with E-state index in [1.165, 1.54) is 16.5 Å². The van der Waals surface area contributed by atoms with E-state index in [0.29, 0.717) is 23.7 Å². The lowest BCUT2D eigenvalue weighted by Gasteiger charge is -2.22. The Bertz CT molecular complexity index is 1010. The minimum atomic E-state index is -1.24. The van der Waals surface area contributed by atoms with Crippen LogP contribution in [0.5, 0.6) is 0 Å². The van der Waals surface area contributed by atoms with E-state index in [1.807, 2.05) is 30.1 Å². The van der Waals surface area contributed by atoms with E-state index < -0.39 is 31.1 Å². The lowest BCUT2D eigenvalue weighted by Crippen LogP contribution is -2.33. The molecule has 5 N–H and O–H groups in total. The molecule has 1 aromatic carbocycles. The van der Waals surface area contributed by atoms with Crippen molar-refractivity contribution in [3.63, 3.8) is 0 Å². The molecule has 0 bridgehead atoms. The molecule has 10 nitrogen and oxygen atoms in total. The number of nitrogen functional groups attached to an aromatic ring is 1. The third-order valence-corrected chi connectivity index (χ3v) is 5.49. The quantitative estimate of drug-likeness (QED) is 0.446. The van der Waals surface area contributed by atoms with Crippen molar-refractivity contribution in [2.75, 3.05) is 30.8 Å². The first-order chi connectivity index (χ1) is 14.4. The molecule has 3 heterocycles. The number of rotatable bonds is 6. The SMILES string of the molecule is CC(CN(C)c1nc(N)c2ncn([C@@H]3O[C@H](CO)[C@@H](O)[C@H]3O)c2n1)c1ccccc1. The van der Waals surface area contributed by atoms with Crippen LogP contribution in [-0.2, 0) is 4.74 Å². The minimum absolute atomic E-state index is 0.208. The molecular formula is C20H26N6O4. The number of hydrogen-bond acceptors (Lipinski definition) is 9. The average Bonchev–Trinajstić information content (AvgIpc) is 3.30. The summed E-state index contributed by atoms with van der Waals surface area (Å²) in [7, 11) is 1.88. The summed E-state index contributed by atoms with van der Waals surface area (Å²) in [4.78, 5) is 15.1. The molecular weight excluding hydrogens is 388 g/mol. The van der Waals surface area contributed by atoms with Crippen molar-refractivity contribution in [2.24, 2.45) is 0 Å². The van der Waals surface area contributed by atoms with Crippen LogP contribution in [0.2, 0.25) is 0 Å². The topological polar surface area (TPSA) is 143 Å². The van der Waals surface area contributed by atoms with Gasteiger partial charge in [0.2, 0.25) is 5.95 Å². The van der Waals surface area contributed by atoms with Crippen molar-refractivity contribution in [3.05, 3.63) is 42.2 Å². The molecule has 1 aliphatic rings. The molecule has 5 atom stereocenters. The molecule has 4 rings (SSSR count). The molecule has 1 unspecified atom stereocenters. The van der Waals surface area contributed by atoms with Crippen LogP contribution in [0.3, 0.4) is 0 Å². The number of fused-ring (bicyclic) bond motifs is 1. The second-order valence-corrected chi connectivity index (χ2v) is 7.65. The number of aliphatic hydroxyl groups excluding tert-OH is 3. The van der Waals surface area contributed by atoms with Gasteiger partial charge in [0.25, 0.3) is 0 Å². The van der Waals surface area contributed by atoms with E-state index in [-0.39, 0.29) is 11.7 Å². The second-order valence-electron chi connectivity index (χ2n) is 7.65. The van der Waals surface area contributed by atoms with E-state index in [2.05, 4.69) is 34.0 Å². The zero-order valence-electron chi connectivity index (χ0n) is 16.8. The Labute approximate surface area is 173 Å². The first-order valence-electron chi connectivity index (χ1n) is 9.79. The second kappa shape index (κ2) is 8.15. The molecule has 0 amide bonds. The number of benzene rings is 1. The molecule has 0 aliphatic carbocycles. The van der Waals surface area contributed by atoms with Crippen LogP contribution in [0.15, 0.2) is 36.7 Å². The summed E-state index contributed by atoms with van der Waals surface area (Å²) in [5.41, 5.74) is 8.08. The molecule has 1 saturated heterocycles. The number of aromatic nitrogens is 4. The smallest absolute Gasteiger partial charge is 0.229 e. The highest BCUT2D eigenvalue weighted by molar-refractivity contribution is 5.83. The van der Waals surface area contributed by atoms with Gasteiger partial charge in [0, 0.05) is 13.6 Å². The molecule has 0 saturated carbocycles. The van der Waals surface area contributed by atoms with Crippen LogP contribution < -0.4 is 10.6 Å². The Morgan fingerprint density at radius 1 is 1.20 bits per heavy atom. The number of nitrogens with zero attached hydrogens (tertiary/aromatic N) is 5. The van der Waals surface area contributed by atoms with Gasteiger partial charge < -0.3 is 30.7 Å². The highest BCUT2D eigenvalue weighted by Gasteiger charge is 2.44. The maximum absolute atomic E-state index is 10.4. The fourth-order valence-corrected chi connectivity index (χ4v) is 3.77. The number of ether oxygens (including phenoxy) is 1. The van der Waals surface area contributed by atoms with Crippen LogP contribution >= 0.6 is 0 Å². The number of imidazole rings is 1. The fraction of sp³-hybridized carbons (Fsp3) is 0.450. The van der Waals surface area contributed by atoms with Crippen molar-refractivity contribution in [1.29, 1.82) is 0 Å². The summed E-state index contributed by atoms with van der Waals surface area (Å²) in [5, 5.41) is 29.8. The summed E-state index contributed by atoms with van der Waals surface area (Å²) in [6.45, 7) is 2.37. The first-order valence-corrected chi connectivity index (χ1v) is 9.79. The van der Waals surface area contributed by atoms with Gasteiger partial charge in [-0.15, -0.1) is 0 Å². The summed E-state index contributed by atoms with van der Waals surface area (Å²) in [6, 6.07) is 10.1. The summed E-state index contributed by atoms with van der Waals surface area (Å²) in [5.74, 6) is 0.859. The van der Waals surface area contributed by atoms with Gasteiger partial charge in [-0.05, 0) is 11.5 Å². The molecule has 0 radical (unpaired) electrons. The summed E-state index contributed by atoms with van der Waals surface area (Å²) < 4.78 is 7.12. The molecule has 3 aromatic rings. The van der Waals surface area contributed by atoms with E-state index in [4.69, 9.17) is 10.5 Å². The van der Waals surface area contributed by atoms with Crippen molar-refractivity contribution < 1.29 is 20.1 Å². The van der Waals surface area contributed by atoms with Gasteiger partial charge in [-0.1, -0.05) is 37.3 Å². The number of nitrogens with two attached hydrogens (primary N) is 1. The zero-order valence-corrected chi connectivity index (χ0v) is 16.8. The van der Waals surface area contributed by atoms with E-state index in [1.54, 1.807) is 0 Å². The Balaban J connectivity index is 1.64. The lowest BCUT2D eigenvalue weighted by molar-refractivity contribution is -0.0511. The third kappa shape index (κ3) is 3.58. The number of anilines is 2. The lowest BCUT2D eigenvalue weighted by atomic mass is 10.0. The first kappa shape index (κ1) is 20.5. The van der Waals surface area contributed by atoms with Crippen molar-refractivity contribution in [1.82, 2.24) is 19.5 Å². The highest BCUT2D eigenvalue weighted by atomic mass is 16.6. The van der Waals surface area contributed by atoms with Gasteiger partial charge in [0.05, 0.1) is 12.9 Å². The Morgan fingerprint density at radius 2 is 1.93 bits per heavy atom. The Morgan fingerprint density at radius 3 is 2.60 bits per heavy atom. The van der Waals surface area contributed by atoms with Gasteiger partial charge in [-0.25, -0.2) is 4.98 Å². The molecule has 1 fully saturated rings. The van der Waals surface area contributed by atoms with Gasteiger partial charge in [0.15, 0.2) is 17.7 Å². The molecule has 2 aromatic heterocycles. The summed E-state index contributed by atoms with van der Waals surface area (Å²) in [6.07, 6.45) is -2.86. The normalized spacial score (nSPS) is 25.0. The molecule has 160 valence electrons. The van der Waals surface area contributed by atoms with E-state index >= 15 is 0 Å². The maximum atomic E-state index is 10.4. The zero-order chi connectivity index (χ0) is 21.4. The van der Waals surface area contributed by atoms with Crippen LogP contribution in [0.25, 0.3) is 11.2 Å². The van der Waals surface area contributed by atoms with E-state index in [0.717, 1.165) is 0 Å². The van der Waals surface area contributed by atoms with E-state index in [9.17, 15) is 15.3 Å². The third-order valence-electron chi connectivity index (χ3n) is 5.49. The Kier molecular flexibility index (Phi) is 5.56. The van der Waals surface area contributed by atoms with Gasteiger partial charge in [-0.3, -0.25) is 4.57 Å². The monoisotopic (exact) mass is 414 g/mol. The molecule has 10 heteroatoms. The van der Waals surface area contributed by atoms with Crippen LogP contribution in [0.1, 0.15) is 24.6 Å². The van der Waals surface area contributed by atoms with Crippen molar-refractivity contribution in [2.45, 2.75) is 37.4 Å². The molecule has 0 spiro atoms. The maximum Gasteiger partial charge on any atom is 0.229 e. The van der Waals surface area contributed by atoms with Crippen LogP contribution in [-0.4, -0.2) is 73.3 Å². The predicted octanol–water partition coefficient (Wildman–Crippen LogP) is 0.260. The highest BCUT2D eigenvalue weighted by Crippen LogP contribution is 2.32. The fourth-order valence-electron chi connectivity index (χ4n) is 3.77. The largest absolute Gasteiger partial charge is 0.394 e. The number of likely N-dealkylation sites (N-methyl/N-ethyl adjacent to an activating group) is 1. The minimum Gasteiger partial charge on any atom is -0.394 e. The van der Waals surface area contributed by atoms with Crippen molar-refractivity contribution >= 4 is 22.9 Å². The van der Waals surface area contributed by atoms with Crippen molar-refractivity contribution in [3.8, 4) is 0 Å². The number of aliphatic hydroxyl groups is 3. The Hall–Kier alpha value is -2.79. The standard InChI is InChI=1S/C20H26N6O4/c1-11(12-6-4-3-5-7-12)8-25(2)20-23-17(21)14-18(24-20)26(10-22-14)19-16(29)15(28)13(9-27)30-19/h3-7,10-11,13,15-16,19,27-29H,8-9H2,1-2H3,(H2,21,23,24)/t11?,13-,15-,16-,19-/m1/s1. The van der Waals surface area contributed by atoms with Gasteiger partial charge >= 0.3 is 0 Å². The predicted molar refractivity (Wildman–Crippen MR) is 111 cm³/mol. The van der Waals surface area contributed by atoms with Crippen LogP contribution in [0, 0.1) is 0 Å². The van der Waals surface area contributed by atoms with Crippen LogP contribution in [0.4, 0.5) is 11.8 Å². The number of hydrogen-bond donors (Lipinski definition) is 4. The molecule has 30 heavy (non-hydrogen) atoms. The molecule has 1 aliphatic heterocycles. The van der Waals surface area contributed by atoms with Gasteiger partial charge in [-0.2, -0.15) is 9.97 Å². The summed E-state index contributed by atoms with van der Waals surface area (Å²) >= 11 is 0.